The summed E-state index contributed by atoms with van der Waals surface area (Å²) in [6, 6.07) is 0. The Morgan fingerprint density at radius 2 is 1.21 bits per heavy atom. The highest BCUT2D eigenvalue weighted by atomic mass is 14.2. The molecule has 0 nitrogen and oxygen atoms in total. The molecule has 0 heteroatoms. The number of unbranched alkanes of at least 4 members (excludes halogenated alkanes) is 1. The summed E-state index contributed by atoms with van der Waals surface area (Å²) in [5.41, 5.74) is 4.35. The highest BCUT2D eigenvalue weighted by molar-refractivity contribution is 5.31. The van der Waals surface area contributed by atoms with Crippen molar-refractivity contribution in [3.8, 4) is 0 Å². The van der Waals surface area contributed by atoms with Crippen LogP contribution in [0.3, 0.4) is 0 Å². The van der Waals surface area contributed by atoms with Crippen molar-refractivity contribution in [1.29, 1.82) is 0 Å². The number of allylic oxidation sites excluding steroid dienone is 5. The maximum absolute atomic E-state index is 3.87. The van der Waals surface area contributed by atoms with Crippen LogP contribution in [0.5, 0.6) is 0 Å². The van der Waals surface area contributed by atoms with Gasteiger partial charge in [-0.2, -0.15) is 0 Å². The summed E-state index contributed by atoms with van der Waals surface area (Å²) in [5, 5.41) is 0. The minimum Gasteiger partial charge on any atom is -0.0988 e. The molecular formula is C24H48. The van der Waals surface area contributed by atoms with Crippen molar-refractivity contribution in [2.45, 2.75) is 114 Å². The van der Waals surface area contributed by atoms with E-state index in [-0.39, 0.29) is 0 Å². The van der Waals surface area contributed by atoms with Gasteiger partial charge in [0.25, 0.3) is 0 Å². The largest absolute Gasteiger partial charge is 0.0988 e. The van der Waals surface area contributed by atoms with Crippen LogP contribution in [0.15, 0.2) is 35.5 Å². The van der Waals surface area contributed by atoms with Crippen molar-refractivity contribution < 1.29 is 0 Å². The number of rotatable bonds is 9. The monoisotopic (exact) mass is 336 g/mol. The van der Waals surface area contributed by atoms with Gasteiger partial charge in [0, 0.05) is 0 Å². The Morgan fingerprint density at radius 1 is 0.792 bits per heavy atom. The fourth-order valence-electron chi connectivity index (χ4n) is 2.29. The van der Waals surface area contributed by atoms with E-state index in [1.165, 1.54) is 56.1 Å². The van der Waals surface area contributed by atoms with Gasteiger partial charge in [0.15, 0.2) is 0 Å². The normalized spacial score (nSPS) is 11.8. The first-order valence-electron chi connectivity index (χ1n) is 10.4. The predicted octanol–water partition coefficient (Wildman–Crippen LogP) is 9.28. The molecule has 144 valence electrons. The van der Waals surface area contributed by atoms with E-state index in [0.29, 0.717) is 0 Å². The van der Waals surface area contributed by atoms with Crippen molar-refractivity contribution in [3.05, 3.63) is 35.5 Å². The van der Waals surface area contributed by atoms with Gasteiger partial charge in [-0.25, -0.2) is 0 Å². The van der Waals surface area contributed by atoms with Crippen LogP contribution >= 0.6 is 0 Å². The van der Waals surface area contributed by atoms with Crippen LogP contribution in [0, 0.1) is 5.92 Å². The molecule has 0 saturated heterocycles. The fraction of sp³-hybridized carbons (Fsp3) is 0.750. The van der Waals surface area contributed by atoms with Gasteiger partial charge in [-0.3, -0.25) is 0 Å². The summed E-state index contributed by atoms with van der Waals surface area (Å²) in [6.45, 7) is 23.8. The van der Waals surface area contributed by atoms with E-state index in [4.69, 9.17) is 0 Å². The van der Waals surface area contributed by atoms with Gasteiger partial charge in [0.1, 0.15) is 0 Å². The zero-order valence-electron chi connectivity index (χ0n) is 18.6. The Bertz CT molecular complexity index is 309. The van der Waals surface area contributed by atoms with Gasteiger partial charge in [-0.05, 0) is 44.6 Å². The van der Waals surface area contributed by atoms with Gasteiger partial charge >= 0.3 is 0 Å². The van der Waals surface area contributed by atoms with E-state index in [1.807, 2.05) is 6.08 Å². The van der Waals surface area contributed by atoms with Gasteiger partial charge in [-0.15, -0.1) is 0 Å². The summed E-state index contributed by atoms with van der Waals surface area (Å²) < 4.78 is 0. The van der Waals surface area contributed by atoms with E-state index in [2.05, 4.69) is 75.0 Å². The lowest BCUT2D eigenvalue weighted by atomic mass is 9.88. The summed E-state index contributed by atoms with van der Waals surface area (Å²) >= 11 is 0. The Morgan fingerprint density at radius 3 is 1.46 bits per heavy atom. The highest BCUT2D eigenvalue weighted by Crippen LogP contribution is 2.26. The van der Waals surface area contributed by atoms with Crippen LogP contribution < -0.4 is 0 Å². The third kappa shape index (κ3) is 17.6. The minimum atomic E-state index is 0.768. The van der Waals surface area contributed by atoms with Crippen molar-refractivity contribution >= 4 is 0 Å². The Kier molecular flexibility index (Phi) is 26.0. The van der Waals surface area contributed by atoms with Crippen LogP contribution in [0.2, 0.25) is 0 Å². The van der Waals surface area contributed by atoms with Crippen LogP contribution in [-0.4, -0.2) is 0 Å². The van der Waals surface area contributed by atoms with Crippen LogP contribution in [0.4, 0.5) is 0 Å². The molecule has 0 saturated carbocycles. The molecule has 0 rings (SSSR count). The number of hydrogen-bond donors (Lipinski definition) is 0. The second kappa shape index (κ2) is 22.2. The molecule has 0 N–H and O–H groups in total. The SMILES string of the molecule is C=C/C(=C\C(C)=C(/C)C(CCC)CCC)CC.CCC.CCCC. The summed E-state index contributed by atoms with van der Waals surface area (Å²) in [7, 11) is 0. The zero-order valence-corrected chi connectivity index (χ0v) is 18.6. The van der Waals surface area contributed by atoms with Crippen LogP contribution in [-0.2, 0) is 0 Å². The topological polar surface area (TPSA) is 0 Å². The molecule has 24 heavy (non-hydrogen) atoms. The third-order valence-electron chi connectivity index (χ3n) is 4.08. The van der Waals surface area contributed by atoms with Gasteiger partial charge in [0.2, 0.25) is 0 Å². The first-order valence-corrected chi connectivity index (χ1v) is 10.4. The van der Waals surface area contributed by atoms with Crippen molar-refractivity contribution in [2.24, 2.45) is 5.92 Å². The average Bonchev–Trinajstić information content (AvgIpc) is 2.59. The van der Waals surface area contributed by atoms with Gasteiger partial charge in [0.05, 0.1) is 0 Å². The van der Waals surface area contributed by atoms with Gasteiger partial charge in [-0.1, -0.05) is 110 Å². The maximum atomic E-state index is 3.87. The van der Waals surface area contributed by atoms with E-state index in [0.717, 1.165) is 12.3 Å². The molecule has 0 atom stereocenters. The lowest BCUT2D eigenvalue weighted by Crippen LogP contribution is -2.03. The molecule has 0 amide bonds. The van der Waals surface area contributed by atoms with Crippen molar-refractivity contribution in [1.82, 2.24) is 0 Å². The number of hydrogen-bond acceptors (Lipinski definition) is 0. The first kappa shape index (κ1) is 28.0. The van der Waals surface area contributed by atoms with Crippen molar-refractivity contribution in [3.63, 3.8) is 0 Å². The molecule has 0 aromatic rings. The van der Waals surface area contributed by atoms with E-state index < -0.39 is 0 Å². The summed E-state index contributed by atoms with van der Waals surface area (Å²) in [4.78, 5) is 0. The molecule has 0 aromatic carbocycles. The van der Waals surface area contributed by atoms with Crippen LogP contribution in [0.1, 0.15) is 114 Å². The molecule has 0 spiro atoms. The standard InChI is InChI=1S/C17H30.C4H10.C3H8/c1-7-11-17(12-8-2)15(6)14(5)13-16(9-3)10-4;1-3-4-2;1-3-2/h9,13,17H,3,7-8,10-12H2,1-2,4-6H3;3-4H2,1-2H3;3H2,1-2H3/b15-14+,16-13+;;. The van der Waals surface area contributed by atoms with E-state index >= 15 is 0 Å². The molecule has 0 bridgehead atoms. The third-order valence-corrected chi connectivity index (χ3v) is 4.08. The summed E-state index contributed by atoms with van der Waals surface area (Å²) in [6.07, 6.45) is 14.4. The Balaban J connectivity index is -0.000000531. The quantitative estimate of drug-likeness (QED) is 0.368. The molecular weight excluding hydrogens is 288 g/mol. The predicted molar refractivity (Wildman–Crippen MR) is 117 cm³/mol. The molecule has 0 heterocycles. The Hall–Kier alpha value is -0.780. The van der Waals surface area contributed by atoms with Crippen molar-refractivity contribution in [2.75, 3.05) is 0 Å². The fourth-order valence-corrected chi connectivity index (χ4v) is 2.29. The smallest absolute Gasteiger partial charge is 0.0200 e. The molecule has 0 aliphatic heterocycles. The average molecular weight is 337 g/mol. The molecule has 0 fully saturated rings. The van der Waals surface area contributed by atoms with Gasteiger partial charge < -0.3 is 0 Å². The zero-order chi connectivity index (χ0) is 19.4. The molecule has 0 aliphatic rings. The van der Waals surface area contributed by atoms with E-state index in [9.17, 15) is 0 Å². The van der Waals surface area contributed by atoms with E-state index in [1.54, 1.807) is 5.57 Å². The molecule has 0 radical (unpaired) electrons. The minimum absolute atomic E-state index is 0.768. The second-order valence-electron chi connectivity index (χ2n) is 6.62. The summed E-state index contributed by atoms with van der Waals surface area (Å²) in [5.74, 6) is 0.768. The maximum Gasteiger partial charge on any atom is -0.0200 e. The first-order chi connectivity index (χ1) is 11.4. The molecule has 0 unspecified atom stereocenters. The Labute approximate surface area is 155 Å². The second-order valence-corrected chi connectivity index (χ2v) is 6.62. The lowest BCUT2D eigenvalue weighted by molar-refractivity contribution is 0.501. The molecule has 0 aliphatic carbocycles. The lowest BCUT2D eigenvalue weighted by Gasteiger charge is -2.18. The van der Waals surface area contributed by atoms with Crippen LogP contribution in [0.25, 0.3) is 0 Å². The highest BCUT2D eigenvalue weighted by Gasteiger charge is 2.10. The molecule has 0 aromatic heterocycles.